The predicted octanol–water partition coefficient (Wildman–Crippen LogP) is 2.15. The van der Waals surface area contributed by atoms with Gasteiger partial charge in [0, 0.05) is 18.7 Å². The lowest BCUT2D eigenvalue weighted by molar-refractivity contribution is -0.121. The Balaban J connectivity index is 2.16. The molecule has 1 aliphatic rings. The smallest absolute Gasteiger partial charge is 0.179 e. The third-order valence-electron chi connectivity index (χ3n) is 2.45. The predicted molar refractivity (Wildman–Crippen MR) is 52.9 cm³/mol. The maximum atomic E-state index is 13.5. The Morgan fingerprint density at radius 3 is 2.64 bits per heavy atom. The summed E-state index contributed by atoms with van der Waals surface area (Å²) in [6.45, 7) is 0.490. The highest BCUT2D eigenvalue weighted by atomic mass is 19.1. The van der Waals surface area contributed by atoms with Crippen molar-refractivity contribution in [2.75, 3.05) is 11.4 Å². The molecule has 1 unspecified atom stereocenters. The van der Waals surface area contributed by atoms with E-state index >= 15 is 0 Å². The van der Waals surface area contributed by atoms with Gasteiger partial charge >= 0.3 is 0 Å². The first-order valence-corrected chi connectivity index (χ1v) is 4.75. The number of anilines is 1. The summed E-state index contributed by atoms with van der Waals surface area (Å²) in [6.07, 6.45) is -0.678. The monoisotopic (exact) mass is 193 g/mol. The summed E-state index contributed by atoms with van der Waals surface area (Å²) in [7, 11) is 0. The highest BCUT2D eigenvalue weighted by molar-refractivity contribution is 5.81. The van der Waals surface area contributed by atoms with Gasteiger partial charge in [-0.1, -0.05) is 18.2 Å². The molecule has 3 heteroatoms. The number of hydrogen-bond donors (Lipinski definition) is 0. The summed E-state index contributed by atoms with van der Waals surface area (Å²) in [4.78, 5) is 12.6. The van der Waals surface area contributed by atoms with Gasteiger partial charge in [-0.05, 0) is 12.1 Å². The van der Waals surface area contributed by atoms with Crippen molar-refractivity contribution in [1.29, 1.82) is 0 Å². The molecule has 0 aliphatic carbocycles. The third-order valence-corrected chi connectivity index (χ3v) is 2.45. The molecule has 2 nitrogen and oxygen atoms in total. The maximum Gasteiger partial charge on any atom is 0.179 e. The first-order chi connectivity index (χ1) is 6.77. The molecule has 0 amide bonds. The fourth-order valence-electron chi connectivity index (χ4n) is 1.70. The Morgan fingerprint density at radius 1 is 1.29 bits per heavy atom. The van der Waals surface area contributed by atoms with Gasteiger partial charge in [0.15, 0.2) is 6.30 Å². The van der Waals surface area contributed by atoms with Crippen LogP contribution in [0.5, 0.6) is 0 Å². The van der Waals surface area contributed by atoms with E-state index in [1.165, 1.54) is 0 Å². The fraction of sp³-hybridized carbons (Fsp3) is 0.364. The number of Topliss-reactive ketones (excluding diaryl/α,β-unsaturated/α-hetero) is 1. The average molecular weight is 193 g/mol. The van der Waals surface area contributed by atoms with Gasteiger partial charge in [-0.15, -0.1) is 0 Å². The van der Waals surface area contributed by atoms with Crippen molar-refractivity contribution in [3.8, 4) is 0 Å². The van der Waals surface area contributed by atoms with Crippen molar-refractivity contribution in [3.63, 3.8) is 0 Å². The molecule has 1 aliphatic heterocycles. The Hall–Kier alpha value is -1.38. The van der Waals surface area contributed by atoms with Crippen LogP contribution < -0.4 is 4.90 Å². The van der Waals surface area contributed by atoms with Gasteiger partial charge in [-0.25, -0.2) is 4.39 Å². The van der Waals surface area contributed by atoms with Gasteiger partial charge in [-0.2, -0.15) is 0 Å². The van der Waals surface area contributed by atoms with Crippen molar-refractivity contribution in [3.05, 3.63) is 30.3 Å². The number of alkyl halides is 1. The SMILES string of the molecule is O=C1CCN(c2ccccc2)C(F)C1. The fourth-order valence-corrected chi connectivity index (χ4v) is 1.70. The number of halogens is 1. The zero-order chi connectivity index (χ0) is 9.97. The van der Waals surface area contributed by atoms with E-state index in [9.17, 15) is 9.18 Å². The number of carbonyl (C=O) groups excluding carboxylic acids is 1. The molecule has 14 heavy (non-hydrogen) atoms. The van der Waals surface area contributed by atoms with E-state index in [-0.39, 0.29) is 12.2 Å². The molecule has 1 atom stereocenters. The number of benzene rings is 1. The van der Waals surface area contributed by atoms with E-state index in [0.717, 1.165) is 5.69 Å². The third kappa shape index (κ3) is 1.76. The molecule has 1 saturated heterocycles. The quantitative estimate of drug-likeness (QED) is 0.637. The van der Waals surface area contributed by atoms with E-state index in [0.29, 0.717) is 13.0 Å². The summed E-state index contributed by atoms with van der Waals surface area (Å²) < 4.78 is 13.5. The molecule has 1 aromatic rings. The van der Waals surface area contributed by atoms with Crippen molar-refractivity contribution in [2.45, 2.75) is 19.1 Å². The molecule has 1 heterocycles. The molecule has 0 N–H and O–H groups in total. The summed E-state index contributed by atoms with van der Waals surface area (Å²) in [5.41, 5.74) is 0.854. The number of nitrogens with zero attached hydrogens (tertiary/aromatic N) is 1. The number of para-hydroxylation sites is 1. The Morgan fingerprint density at radius 2 is 2.00 bits per heavy atom. The van der Waals surface area contributed by atoms with Gasteiger partial charge in [0.2, 0.25) is 0 Å². The average Bonchev–Trinajstić information content (AvgIpc) is 2.19. The Labute approximate surface area is 82.3 Å². The molecule has 74 valence electrons. The molecule has 0 saturated carbocycles. The van der Waals surface area contributed by atoms with Crippen molar-refractivity contribution >= 4 is 11.5 Å². The highest BCUT2D eigenvalue weighted by Crippen LogP contribution is 2.23. The molecule has 1 fully saturated rings. The Bertz CT molecular complexity index is 325. The van der Waals surface area contributed by atoms with Crippen LogP contribution in [0, 0.1) is 0 Å². The van der Waals surface area contributed by atoms with Crippen LogP contribution in [-0.2, 0) is 4.79 Å². The van der Waals surface area contributed by atoms with E-state index in [4.69, 9.17) is 0 Å². The standard InChI is InChI=1S/C11H12FNO/c12-11-8-10(14)6-7-13(11)9-4-2-1-3-5-9/h1-5,11H,6-8H2. The second-order valence-corrected chi connectivity index (χ2v) is 3.46. The van der Waals surface area contributed by atoms with Gasteiger partial charge in [-0.3, -0.25) is 4.79 Å². The molecule has 0 radical (unpaired) electrons. The van der Waals surface area contributed by atoms with Crippen LogP contribution in [0.1, 0.15) is 12.8 Å². The second-order valence-electron chi connectivity index (χ2n) is 3.46. The molecule has 0 aromatic heterocycles. The number of ketones is 1. The van der Waals surface area contributed by atoms with Gasteiger partial charge in [0.1, 0.15) is 5.78 Å². The van der Waals surface area contributed by atoms with Crippen LogP contribution in [0.25, 0.3) is 0 Å². The molecular weight excluding hydrogens is 181 g/mol. The van der Waals surface area contributed by atoms with Crippen molar-refractivity contribution < 1.29 is 9.18 Å². The number of piperidine rings is 1. The summed E-state index contributed by atoms with van der Waals surface area (Å²) >= 11 is 0. The van der Waals surface area contributed by atoms with Gasteiger partial charge < -0.3 is 4.90 Å². The number of hydrogen-bond acceptors (Lipinski definition) is 2. The van der Waals surface area contributed by atoms with Gasteiger partial charge in [0.05, 0.1) is 6.42 Å². The molecule has 0 spiro atoms. The second kappa shape index (κ2) is 3.78. The summed E-state index contributed by atoms with van der Waals surface area (Å²) in [5.74, 6) is 0.0182. The lowest BCUT2D eigenvalue weighted by Crippen LogP contribution is -2.40. The topological polar surface area (TPSA) is 20.3 Å². The molecule has 0 bridgehead atoms. The van der Waals surface area contributed by atoms with Crippen LogP contribution in [0.2, 0.25) is 0 Å². The van der Waals surface area contributed by atoms with Crippen LogP contribution in [0.15, 0.2) is 30.3 Å². The van der Waals surface area contributed by atoms with Crippen molar-refractivity contribution in [2.24, 2.45) is 0 Å². The minimum Gasteiger partial charge on any atom is -0.341 e. The van der Waals surface area contributed by atoms with Gasteiger partial charge in [0.25, 0.3) is 0 Å². The first-order valence-electron chi connectivity index (χ1n) is 4.75. The molecular formula is C11H12FNO. The Kier molecular flexibility index (Phi) is 2.48. The molecule has 2 rings (SSSR count). The summed E-state index contributed by atoms with van der Waals surface area (Å²) in [6, 6.07) is 9.37. The lowest BCUT2D eigenvalue weighted by Gasteiger charge is -2.31. The minimum atomic E-state index is -1.15. The zero-order valence-corrected chi connectivity index (χ0v) is 7.82. The number of rotatable bonds is 1. The van der Waals surface area contributed by atoms with E-state index in [1.807, 2.05) is 30.3 Å². The van der Waals surface area contributed by atoms with Crippen LogP contribution in [0.4, 0.5) is 10.1 Å². The zero-order valence-electron chi connectivity index (χ0n) is 7.82. The van der Waals surface area contributed by atoms with Crippen LogP contribution in [-0.4, -0.2) is 18.6 Å². The van der Waals surface area contributed by atoms with E-state index < -0.39 is 6.30 Å². The van der Waals surface area contributed by atoms with Crippen LogP contribution in [0.3, 0.4) is 0 Å². The summed E-state index contributed by atoms with van der Waals surface area (Å²) in [5, 5.41) is 0. The normalized spacial score (nSPS) is 22.5. The molecule has 1 aromatic carbocycles. The highest BCUT2D eigenvalue weighted by Gasteiger charge is 2.26. The number of carbonyl (C=O) groups is 1. The lowest BCUT2D eigenvalue weighted by atomic mass is 10.1. The first kappa shape index (κ1) is 9.19. The van der Waals surface area contributed by atoms with Crippen molar-refractivity contribution in [1.82, 2.24) is 0 Å². The minimum absolute atomic E-state index is 0.0182. The van der Waals surface area contributed by atoms with E-state index in [2.05, 4.69) is 0 Å². The van der Waals surface area contributed by atoms with E-state index in [1.54, 1.807) is 4.90 Å². The maximum absolute atomic E-state index is 13.5. The largest absolute Gasteiger partial charge is 0.341 e. The van der Waals surface area contributed by atoms with Crippen LogP contribution >= 0.6 is 0 Å².